The minimum Gasteiger partial charge on any atom is -0.350 e. The van der Waals surface area contributed by atoms with E-state index in [4.69, 9.17) is 0 Å². The van der Waals surface area contributed by atoms with Gasteiger partial charge in [-0.2, -0.15) is 5.10 Å². The zero-order chi connectivity index (χ0) is 21.3. The number of carbonyl (C=O) groups excluding carboxylic acids is 1. The normalized spacial score (nSPS) is 20.4. The number of likely N-dealkylation sites (tertiary alicyclic amines) is 1. The van der Waals surface area contributed by atoms with Gasteiger partial charge in [0, 0.05) is 36.9 Å². The van der Waals surface area contributed by atoms with Crippen LogP contribution in [-0.2, 0) is 0 Å². The number of aromatic nitrogens is 3. The van der Waals surface area contributed by atoms with Crippen LogP contribution in [0.2, 0.25) is 0 Å². The molecule has 0 bridgehead atoms. The van der Waals surface area contributed by atoms with Crippen molar-refractivity contribution in [2.45, 2.75) is 39.7 Å². The van der Waals surface area contributed by atoms with E-state index in [0.29, 0.717) is 29.6 Å². The van der Waals surface area contributed by atoms with Gasteiger partial charge in [-0.25, -0.2) is 9.50 Å². The first-order valence-electron chi connectivity index (χ1n) is 10.8. The number of amides is 1. The van der Waals surface area contributed by atoms with Crippen molar-refractivity contribution in [3.63, 3.8) is 0 Å². The number of carbonyl (C=O) groups is 1. The Morgan fingerprint density at radius 3 is 2.53 bits per heavy atom. The average molecular weight is 406 g/mol. The van der Waals surface area contributed by atoms with Crippen LogP contribution in [-0.4, -0.2) is 50.6 Å². The summed E-state index contributed by atoms with van der Waals surface area (Å²) in [5.41, 5.74) is 2.92. The second-order valence-corrected chi connectivity index (χ2v) is 9.34. The zero-order valence-electron chi connectivity index (χ0n) is 18.3. The number of fused-ring (bicyclic) bond motifs is 1. The summed E-state index contributed by atoms with van der Waals surface area (Å²) >= 11 is 0. The summed E-state index contributed by atoms with van der Waals surface area (Å²) in [4.78, 5) is 19.9. The molecule has 0 radical (unpaired) electrons. The van der Waals surface area contributed by atoms with E-state index in [1.807, 2.05) is 36.4 Å². The molecule has 4 rings (SSSR count). The Balaban J connectivity index is 1.51. The Hall–Kier alpha value is -2.73. The van der Waals surface area contributed by atoms with Crippen LogP contribution in [0.3, 0.4) is 0 Å². The fourth-order valence-electron chi connectivity index (χ4n) is 4.54. The molecule has 158 valence electrons. The Kier molecular flexibility index (Phi) is 5.60. The highest BCUT2D eigenvalue weighted by molar-refractivity contribution is 5.99. The monoisotopic (exact) mass is 405 g/mol. The molecule has 0 saturated carbocycles. The molecule has 0 spiro atoms. The maximum atomic E-state index is 13.0. The first-order valence-corrected chi connectivity index (χ1v) is 10.8. The Bertz CT molecular complexity index is 1020. The van der Waals surface area contributed by atoms with Gasteiger partial charge in [0.2, 0.25) is 0 Å². The van der Waals surface area contributed by atoms with Crippen LogP contribution in [0.5, 0.6) is 0 Å². The van der Waals surface area contributed by atoms with E-state index in [2.05, 4.69) is 48.0 Å². The third-order valence-corrected chi connectivity index (χ3v) is 6.12. The predicted octanol–water partition coefficient (Wildman–Crippen LogP) is 3.88. The molecule has 0 aliphatic carbocycles. The van der Waals surface area contributed by atoms with Gasteiger partial charge >= 0.3 is 0 Å². The third-order valence-electron chi connectivity index (χ3n) is 6.12. The molecule has 3 aromatic rings. The van der Waals surface area contributed by atoms with Crippen molar-refractivity contribution >= 4 is 11.6 Å². The smallest absolute Gasteiger partial charge is 0.256 e. The fourth-order valence-corrected chi connectivity index (χ4v) is 4.54. The molecule has 1 N–H and O–H groups in total. The fraction of sp³-hybridized carbons (Fsp3) is 0.458. The molecule has 2 unspecified atom stereocenters. The second-order valence-electron chi connectivity index (χ2n) is 9.34. The lowest BCUT2D eigenvalue weighted by atomic mass is 9.88. The highest BCUT2D eigenvalue weighted by Gasteiger charge is 2.33. The molecular formula is C24H31N5O. The van der Waals surface area contributed by atoms with Gasteiger partial charge in [-0.05, 0) is 38.2 Å². The van der Waals surface area contributed by atoms with Crippen molar-refractivity contribution in [1.82, 2.24) is 24.8 Å². The van der Waals surface area contributed by atoms with Gasteiger partial charge in [0.15, 0.2) is 5.65 Å². The van der Waals surface area contributed by atoms with E-state index < -0.39 is 0 Å². The van der Waals surface area contributed by atoms with Crippen molar-refractivity contribution in [3.8, 4) is 11.3 Å². The van der Waals surface area contributed by atoms with Gasteiger partial charge in [0.25, 0.3) is 5.91 Å². The summed E-state index contributed by atoms with van der Waals surface area (Å²) in [6.45, 7) is 11.8. The van der Waals surface area contributed by atoms with Gasteiger partial charge in [0.1, 0.15) is 5.56 Å². The van der Waals surface area contributed by atoms with E-state index in [1.165, 1.54) is 6.42 Å². The lowest BCUT2D eigenvalue weighted by Crippen LogP contribution is -2.56. The van der Waals surface area contributed by atoms with Crippen LogP contribution >= 0.6 is 0 Å². The predicted molar refractivity (Wildman–Crippen MR) is 119 cm³/mol. The van der Waals surface area contributed by atoms with Crippen LogP contribution in [0.1, 0.15) is 44.5 Å². The van der Waals surface area contributed by atoms with Crippen LogP contribution in [0.25, 0.3) is 16.9 Å². The summed E-state index contributed by atoms with van der Waals surface area (Å²) in [5, 5.41) is 7.58. The van der Waals surface area contributed by atoms with E-state index in [0.717, 1.165) is 24.3 Å². The zero-order valence-corrected chi connectivity index (χ0v) is 18.3. The van der Waals surface area contributed by atoms with Gasteiger partial charge in [0.05, 0.1) is 11.9 Å². The van der Waals surface area contributed by atoms with E-state index in [1.54, 1.807) is 16.9 Å². The van der Waals surface area contributed by atoms with E-state index >= 15 is 0 Å². The lowest BCUT2D eigenvalue weighted by Gasteiger charge is -2.45. The molecule has 1 aromatic carbocycles. The molecule has 1 fully saturated rings. The average Bonchev–Trinajstić information content (AvgIpc) is 3.16. The molecule has 1 saturated heterocycles. The Labute approximate surface area is 178 Å². The third kappa shape index (κ3) is 4.10. The molecule has 1 aliphatic rings. The number of nitrogens with one attached hydrogen (secondary N) is 1. The van der Waals surface area contributed by atoms with E-state index in [9.17, 15) is 4.79 Å². The van der Waals surface area contributed by atoms with Crippen LogP contribution < -0.4 is 5.32 Å². The van der Waals surface area contributed by atoms with Crippen molar-refractivity contribution in [2.24, 2.45) is 11.8 Å². The minimum absolute atomic E-state index is 0.107. The molecular weight excluding hydrogens is 374 g/mol. The summed E-state index contributed by atoms with van der Waals surface area (Å²) in [5.74, 6) is 1.24. The Morgan fingerprint density at radius 1 is 1.13 bits per heavy atom. The number of nitrogens with zero attached hydrogens (tertiary/aromatic N) is 4. The highest BCUT2D eigenvalue weighted by Crippen LogP contribution is 2.27. The van der Waals surface area contributed by atoms with Gasteiger partial charge in [-0.3, -0.25) is 9.69 Å². The first-order chi connectivity index (χ1) is 14.3. The minimum atomic E-state index is -0.131. The SMILES string of the molecule is CC1CC(C)CN(C(C)(C)CNC(=O)c2cnn3c(-c4ccccc4)ccnc23)C1. The van der Waals surface area contributed by atoms with Gasteiger partial charge in [-0.1, -0.05) is 44.2 Å². The molecule has 6 nitrogen and oxygen atoms in total. The molecule has 30 heavy (non-hydrogen) atoms. The van der Waals surface area contributed by atoms with E-state index in [-0.39, 0.29) is 11.4 Å². The van der Waals surface area contributed by atoms with Crippen molar-refractivity contribution in [2.75, 3.05) is 19.6 Å². The first kappa shape index (κ1) is 20.5. The highest BCUT2D eigenvalue weighted by atomic mass is 16.1. The van der Waals surface area contributed by atoms with Crippen LogP contribution in [0.15, 0.2) is 48.8 Å². The lowest BCUT2D eigenvalue weighted by molar-refractivity contribution is 0.0445. The largest absolute Gasteiger partial charge is 0.350 e. The second kappa shape index (κ2) is 8.19. The number of hydrogen-bond donors (Lipinski definition) is 1. The number of benzene rings is 1. The Morgan fingerprint density at radius 2 is 1.83 bits per heavy atom. The van der Waals surface area contributed by atoms with Crippen LogP contribution in [0.4, 0.5) is 0 Å². The molecule has 3 heterocycles. The van der Waals surface area contributed by atoms with Gasteiger partial charge in [-0.15, -0.1) is 0 Å². The number of hydrogen-bond acceptors (Lipinski definition) is 4. The standard InChI is InChI=1S/C24H31N5O/c1-17-12-18(2)15-28(14-17)24(3,4)16-26-23(30)20-13-27-29-21(10-11-25-22(20)29)19-8-6-5-7-9-19/h5-11,13,17-18H,12,14-16H2,1-4H3,(H,26,30). The maximum Gasteiger partial charge on any atom is 0.256 e. The van der Waals surface area contributed by atoms with Crippen molar-refractivity contribution < 1.29 is 4.79 Å². The van der Waals surface area contributed by atoms with Crippen LogP contribution in [0, 0.1) is 11.8 Å². The summed E-state index contributed by atoms with van der Waals surface area (Å²) in [7, 11) is 0. The quantitative estimate of drug-likeness (QED) is 0.700. The van der Waals surface area contributed by atoms with Crippen molar-refractivity contribution in [1.29, 1.82) is 0 Å². The van der Waals surface area contributed by atoms with Crippen molar-refractivity contribution in [3.05, 3.63) is 54.4 Å². The van der Waals surface area contributed by atoms with Gasteiger partial charge < -0.3 is 5.32 Å². The number of rotatable bonds is 5. The summed E-state index contributed by atoms with van der Waals surface area (Å²) in [6, 6.07) is 11.9. The maximum absolute atomic E-state index is 13.0. The molecule has 1 amide bonds. The number of piperidine rings is 1. The molecule has 2 atom stereocenters. The topological polar surface area (TPSA) is 62.5 Å². The molecule has 6 heteroatoms. The summed E-state index contributed by atoms with van der Waals surface area (Å²) < 4.78 is 1.74. The summed E-state index contributed by atoms with van der Waals surface area (Å²) in [6.07, 6.45) is 4.62. The molecule has 1 aliphatic heterocycles. The molecule has 2 aromatic heterocycles.